The highest BCUT2D eigenvalue weighted by atomic mass is 35.5. The van der Waals surface area contributed by atoms with E-state index in [-0.39, 0.29) is 28.2 Å². The second kappa shape index (κ2) is 9.16. The van der Waals surface area contributed by atoms with Gasteiger partial charge in [0.25, 0.3) is 10.0 Å². The van der Waals surface area contributed by atoms with E-state index in [9.17, 15) is 13.2 Å². The van der Waals surface area contributed by atoms with Crippen LogP contribution < -0.4 is 5.32 Å². The molecule has 0 amide bonds. The van der Waals surface area contributed by atoms with E-state index >= 15 is 0 Å². The zero-order valence-electron chi connectivity index (χ0n) is 15.2. The Balaban J connectivity index is 0.00000261. The Labute approximate surface area is 170 Å². The van der Waals surface area contributed by atoms with Gasteiger partial charge in [0.1, 0.15) is 4.21 Å². The topological polar surface area (TPSA) is 75.7 Å². The van der Waals surface area contributed by atoms with Crippen LogP contribution in [0.4, 0.5) is 0 Å². The fourth-order valence-corrected chi connectivity index (χ4v) is 5.92. The van der Waals surface area contributed by atoms with Gasteiger partial charge < -0.3 is 10.1 Å². The van der Waals surface area contributed by atoms with Gasteiger partial charge in [0, 0.05) is 25.0 Å². The van der Waals surface area contributed by atoms with E-state index in [1.807, 2.05) is 24.3 Å². The minimum Gasteiger partial charge on any atom is -0.465 e. The molecule has 6 nitrogen and oxygen atoms in total. The van der Waals surface area contributed by atoms with E-state index in [1.54, 1.807) is 0 Å². The summed E-state index contributed by atoms with van der Waals surface area (Å²) in [5, 5.41) is 4.79. The van der Waals surface area contributed by atoms with Gasteiger partial charge in [0.2, 0.25) is 0 Å². The SMILES string of the molecule is CCc1ccc(C2CNCCN2S(=O)(=O)c2cc(C(=O)OC)cs2)cc1.Cl. The fraction of sp³-hybridized carbons (Fsp3) is 0.389. The Morgan fingerprint density at radius 1 is 1.33 bits per heavy atom. The number of hydrogen-bond donors (Lipinski definition) is 1. The molecule has 1 saturated heterocycles. The Bertz CT molecular complexity index is 881. The van der Waals surface area contributed by atoms with Gasteiger partial charge in [-0.25, -0.2) is 13.2 Å². The molecule has 1 aliphatic heterocycles. The molecule has 0 bridgehead atoms. The number of methoxy groups -OCH3 is 1. The second-order valence-corrected chi connectivity index (χ2v) is 9.11. The molecule has 1 aromatic heterocycles. The van der Waals surface area contributed by atoms with E-state index in [1.165, 1.54) is 28.4 Å². The molecule has 1 aliphatic rings. The smallest absolute Gasteiger partial charge is 0.338 e. The number of carbonyl (C=O) groups excluding carboxylic acids is 1. The van der Waals surface area contributed by atoms with E-state index in [0.29, 0.717) is 19.6 Å². The largest absolute Gasteiger partial charge is 0.465 e. The van der Waals surface area contributed by atoms with Crippen molar-refractivity contribution in [1.29, 1.82) is 0 Å². The number of nitrogens with zero attached hydrogens (tertiary/aromatic N) is 1. The molecule has 148 valence electrons. The molecule has 3 rings (SSSR count). The number of sulfonamides is 1. The van der Waals surface area contributed by atoms with Crippen molar-refractivity contribution in [2.75, 3.05) is 26.7 Å². The first-order valence-corrected chi connectivity index (χ1v) is 10.8. The summed E-state index contributed by atoms with van der Waals surface area (Å²) in [5.41, 5.74) is 2.44. The maximum atomic E-state index is 13.2. The summed E-state index contributed by atoms with van der Waals surface area (Å²) in [6, 6.07) is 9.18. The number of thiophene rings is 1. The Morgan fingerprint density at radius 2 is 2.04 bits per heavy atom. The third-order valence-corrected chi connectivity index (χ3v) is 7.85. The van der Waals surface area contributed by atoms with Gasteiger partial charge >= 0.3 is 5.97 Å². The van der Waals surface area contributed by atoms with Gasteiger partial charge in [0.05, 0.1) is 18.7 Å². The molecule has 27 heavy (non-hydrogen) atoms. The van der Waals surface area contributed by atoms with Crippen LogP contribution in [-0.2, 0) is 21.2 Å². The standard InChI is InChI=1S/C18H22N2O4S2.ClH/c1-3-13-4-6-14(7-5-13)16-11-19-8-9-20(16)26(22,23)17-10-15(12-25-17)18(21)24-2;/h4-7,10,12,16,19H,3,8-9,11H2,1-2H3;1H. The first-order chi connectivity index (χ1) is 12.5. The predicted octanol–water partition coefficient (Wildman–Crippen LogP) is 2.85. The first kappa shape index (κ1) is 21.8. The van der Waals surface area contributed by atoms with Gasteiger partial charge in [-0.15, -0.1) is 23.7 Å². The third-order valence-electron chi connectivity index (χ3n) is 4.53. The number of piperazine rings is 1. The average molecular weight is 431 g/mol. The number of halogens is 1. The number of rotatable bonds is 5. The highest BCUT2D eigenvalue weighted by Crippen LogP contribution is 2.32. The van der Waals surface area contributed by atoms with Crippen molar-refractivity contribution in [3.63, 3.8) is 0 Å². The summed E-state index contributed by atoms with van der Waals surface area (Å²) in [6.07, 6.45) is 0.941. The molecule has 1 N–H and O–H groups in total. The molecule has 0 aliphatic carbocycles. The summed E-state index contributed by atoms with van der Waals surface area (Å²) < 4.78 is 32.7. The molecule has 0 saturated carbocycles. The molecule has 0 radical (unpaired) electrons. The first-order valence-electron chi connectivity index (χ1n) is 8.45. The summed E-state index contributed by atoms with van der Waals surface area (Å²) in [5.74, 6) is -0.533. The second-order valence-electron chi connectivity index (χ2n) is 6.08. The summed E-state index contributed by atoms with van der Waals surface area (Å²) >= 11 is 1.05. The molecule has 2 aromatic rings. The lowest BCUT2D eigenvalue weighted by Crippen LogP contribution is -2.48. The molecule has 9 heteroatoms. The van der Waals surface area contributed by atoms with Crippen LogP contribution >= 0.6 is 23.7 Å². The summed E-state index contributed by atoms with van der Waals surface area (Å²) in [6.45, 7) is 3.62. The molecular weight excluding hydrogens is 408 g/mol. The van der Waals surface area contributed by atoms with Crippen LogP contribution in [0.1, 0.15) is 34.5 Å². The van der Waals surface area contributed by atoms with Crippen molar-refractivity contribution in [2.45, 2.75) is 23.6 Å². The minimum atomic E-state index is -3.69. The zero-order chi connectivity index (χ0) is 18.7. The number of carbonyl (C=O) groups is 1. The van der Waals surface area contributed by atoms with Crippen LogP contribution in [0.2, 0.25) is 0 Å². The molecule has 0 spiro atoms. The van der Waals surface area contributed by atoms with Gasteiger partial charge in [-0.05, 0) is 23.6 Å². The molecule has 1 aromatic carbocycles. The molecule has 1 unspecified atom stereocenters. The van der Waals surface area contributed by atoms with Crippen LogP contribution in [0.5, 0.6) is 0 Å². The Kier molecular flexibility index (Phi) is 7.41. The number of aryl methyl sites for hydroxylation is 1. The lowest BCUT2D eigenvalue weighted by molar-refractivity contribution is 0.0601. The zero-order valence-corrected chi connectivity index (χ0v) is 17.6. The van der Waals surface area contributed by atoms with E-state index in [0.717, 1.165) is 23.3 Å². The van der Waals surface area contributed by atoms with Crippen molar-refractivity contribution in [2.24, 2.45) is 0 Å². The number of benzene rings is 1. The van der Waals surface area contributed by atoms with Gasteiger partial charge in [0.15, 0.2) is 0 Å². The third kappa shape index (κ3) is 4.52. The number of hydrogen-bond acceptors (Lipinski definition) is 6. The van der Waals surface area contributed by atoms with Crippen LogP contribution in [0.15, 0.2) is 39.9 Å². The van der Waals surface area contributed by atoms with Gasteiger partial charge in [-0.3, -0.25) is 0 Å². The average Bonchev–Trinajstić information content (AvgIpc) is 3.18. The Hall–Kier alpha value is -1.45. The van der Waals surface area contributed by atoms with E-state index in [2.05, 4.69) is 17.0 Å². The van der Waals surface area contributed by atoms with Crippen molar-refractivity contribution in [1.82, 2.24) is 9.62 Å². The van der Waals surface area contributed by atoms with Gasteiger partial charge in [-0.1, -0.05) is 31.2 Å². The highest BCUT2D eigenvalue weighted by molar-refractivity contribution is 7.91. The van der Waals surface area contributed by atoms with E-state index < -0.39 is 16.0 Å². The summed E-state index contributed by atoms with van der Waals surface area (Å²) in [4.78, 5) is 11.6. The van der Waals surface area contributed by atoms with Crippen molar-refractivity contribution >= 4 is 39.7 Å². The summed E-state index contributed by atoms with van der Waals surface area (Å²) in [7, 11) is -2.41. The maximum Gasteiger partial charge on any atom is 0.338 e. The Morgan fingerprint density at radius 3 is 2.67 bits per heavy atom. The monoisotopic (exact) mass is 430 g/mol. The van der Waals surface area contributed by atoms with Crippen LogP contribution in [-0.4, -0.2) is 45.4 Å². The number of ether oxygens (including phenoxy) is 1. The van der Waals surface area contributed by atoms with Gasteiger partial charge in [-0.2, -0.15) is 4.31 Å². The molecule has 1 fully saturated rings. The maximum absolute atomic E-state index is 13.2. The number of nitrogens with one attached hydrogen (secondary N) is 1. The number of esters is 1. The van der Waals surface area contributed by atoms with Crippen molar-refractivity contribution in [3.05, 3.63) is 52.4 Å². The molecule has 2 heterocycles. The van der Waals surface area contributed by atoms with Crippen LogP contribution in [0.25, 0.3) is 0 Å². The van der Waals surface area contributed by atoms with Crippen LogP contribution in [0.3, 0.4) is 0 Å². The van der Waals surface area contributed by atoms with Crippen LogP contribution in [0, 0.1) is 0 Å². The van der Waals surface area contributed by atoms with Crippen molar-refractivity contribution < 1.29 is 17.9 Å². The highest BCUT2D eigenvalue weighted by Gasteiger charge is 2.35. The fourth-order valence-electron chi connectivity index (χ4n) is 3.03. The normalized spacial score (nSPS) is 17.9. The predicted molar refractivity (Wildman–Crippen MR) is 108 cm³/mol. The quantitative estimate of drug-likeness (QED) is 0.738. The lowest BCUT2D eigenvalue weighted by Gasteiger charge is -2.35. The minimum absolute atomic E-state index is 0. The lowest BCUT2D eigenvalue weighted by atomic mass is 10.0. The molecule has 1 atom stereocenters. The van der Waals surface area contributed by atoms with E-state index in [4.69, 9.17) is 0 Å². The molecular formula is C18H23ClN2O4S2. The van der Waals surface area contributed by atoms with Crippen molar-refractivity contribution in [3.8, 4) is 0 Å².